The molecular formula is C26H30ClN3O3S2. The van der Waals surface area contributed by atoms with Crippen LogP contribution in [-0.2, 0) is 23.0 Å². The summed E-state index contributed by atoms with van der Waals surface area (Å²) in [5.74, 6) is -0.227. The van der Waals surface area contributed by atoms with Gasteiger partial charge in [0.2, 0.25) is 0 Å². The van der Waals surface area contributed by atoms with Gasteiger partial charge in [-0.15, -0.1) is 11.3 Å². The molecule has 0 unspecified atom stereocenters. The van der Waals surface area contributed by atoms with Gasteiger partial charge in [-0.25, -0.2) is 8.42 Å². The molecule has 1 aromatic heterocycles. The third-order valence-corrected chi connectivity index (χ3v) is 9.81. The van der Waals surface area contributed by atoms with Crippen LogP contribution in [0.4, 0.5) is 5.69 Å². The van der Waals surface area contributed by atoms with Crippen molar-refractivity contribution in [1.29, 1.82) is 0 Å². The lowest BCUT2D eigenvalue weighted by Gasteiger charge is -2.32. The van der Waals surface area contributed by atoms with Gasteiger partial charge in [-0.1, -0.05) is 43.1 Å². The number of halogens is 1. The number of amides is 1. The van der Waals surface area contributed by atoms with Crippen LogP contribution in [0.3, 0.4) is 0 Å². The number of nitrogens with zero attached hydrogens (tertiary/aromatic N) is 1. The number of sulfonamides is 1. The van der Waals surface area contributed by atoms with Crippen molar-refractivity contribution in [3.8, 4) is 0 Å². The average Bonchev–Trinajstić information content (AvgIpc) is 3.35. The van der Waals surface area contributed by atoms with Gasteiger partial charge in [0, 0.05) is 40.3 Å². The largest absolute Gasteiger partial charge is 0.382 e. The van der Waals surface area contributed by atoms with E-state index in [1.807, 2.05) is 6.07 Å². The fraction of sp³-hybridized carbons (Fsp3) is 0.346. The van der Waals surface area contributed by atoms with Crippen molar-refractivity contribution in [1.82, 2.24) is 9.62 Å². The maximum absolute atomic E-state index is 13.2. The molecule has 1 aliphatic rings. The summed E-state index contributed by atoms with van der Waals surface area (Å²) in [6, 6.07) is 18.6. The molecule has 9 heteroatoms. The number of hydrogen-bond donors (Lipinski definition) is 2. The van der Waals surface area contributed by atoms with Gasteiger partial charge >= 0.3 is 0 Å². The number of thiophene rings is 1. The molecule has 0 atom stereocenters. The number of rotatable bonds is 9. The van der Waals surface area contributed by atoms with Crippen LogP contribution in [0.2, 0.25) is 5.02 Å². The normalized spacial score (nSPS) is 15.1. The van der Waals surface area contributed by atoms with E-state index in [4.69, 9.17) is 11.6 Å². The fourth-order valence-corrected chi connectivity index (χ4v) is 7.24. The summed E-state index contributed by atoms with van der Waals surface area (Å²) in [6.45, 7) is 3.40. The molecule has 3 aromatic rings. The molecule has 1 aliphatic heterocycles. The van der Waals surface area contributed by atoms with Crippen LogP contribution in [0.1, 0.15) is 47.0 Å². The molecule has 0 radical (unpaired) electrons. The highest BCUT2D eigenvalue weighted by molar-refractivity contribution is 7.91. The summed E-state index contributed by atoms with van der Waals surface area (Å²) in [4.78, 5) is 13.1. The van der Waals surface area contributed by atoms with Gasteiger partial charge in [0.1, 0.15) is 4.21 Å². The van der Waals surface area contributed by atoms with Crippen LogP contribution in [0.5, 0.6) is 0 Å². The number of carbonyl (C=O) groups excluding carboxylic acids is 1. The number of hydrogen-bond acceptors (Lipinski definition) is 5. The van der Waals surface area contributed by atoms with E-state index in [9.17, 15) is 13.2 Å². The number of carbonyl (C=O) groups is 1. The highest BCUT2D eigenvalue weighted by Crippen LogP contribution is 2.28. The van der Waals surface area contributed by atoms with Crippen molar-refractivity contribution >= 4 is 44.6 Å². The van der Waals surface area contributed by atoms with Gasteiger partial charge in [-0.2, -0.15) is 4.31 Å². The number of benzene rings is 2. The fourth-order valence-electron chi connectivity index (χ4n) is 4.20. The van der Waals surface area contributed by atoms with Crippen LogP contribution in [0.15, 0.2) is 64.9 Å². The van der Waals surface area contributed by atoms with Crippen molar-refractivity contribution in [2.45, 2.75) is 49.4 Å². The van der Waals surface area contributed by atoms with Crippen molar-refractivity contribution in [2.75, 3.05) is 18.4 Å². The highest BCUT2D eigenvalue weighted by Gasteiger charge is 2.30. The standard InChI is InChI=1S/C26H30ClN3O3S2/c1-2-5-19-6-3-4-7-24(19)29-22-14-16-30(17-15-22)35(32,33)25-13-12-23(34-25)18-28-26(31)20-8-10-21(27)11-9-20/h3-4,6-13,22,29H,2,5,14-18H2,1H3,(H,28,31). The Morgan fingerprint density at radius 2 is 1.77 bits per heavy atom. The lowest BCUT2D eigenvalue weighted by molar-refractivity contribution is 0.0951. The molecule has 2 heterocycles. The molecule has 1 amide bonds. The maximum atomic E-state index is 13.2. The average molecular weight is 532 g/mol. The van der Waals surface area contributed by atoms with Gasteiger partial charge in [0.25, 0.3) is 15.9 Å². The monoisotopic (exact) mass is 531 g/mol. The van der Waals surface area contributed by atoms with E-state index >= 15 is 0 Å². The minimum Gasteiger partial charge on any atom is -0.382 e. The predicted octanol–water partition coefficient (Wildman–Crippen LogP) is 5.55. The number of piperidine rings is 1. The van der Waals surface area contributed by atoms with E-state index in [0.717, 1.165) is 36.2 Å². The first-order valence-corrected chi connectivity index (χ1v) is 14.5. The summed E-state index contributed by atoms with van der Waals surface area (Å²) >= 11 is 7.07. The van der Waals surface area contributed by atoms with Crippen molar-refractivity contribution in [3.63, 3.8) is 0 Å². The molecule has 0 spiro atoms. The second kappa shape index (κ2) is 11.6. The van der Waals surface area contributed by atoms with Crippen molar-refractivity contribution in [2.24, 2.45) is 0 Å². The van der Waals surface area contributed by atoms with Crippen molar-refractivity contribution in [3.05, 3.63) is 81.7 Å². The van der Waals surface area contributed by atoms with Crippen LogP contribution < -0.4 is 10.6 Å². The van der Waals surface area contributed by atoms with Crippen LogP contribution in [0.25, 0.3) is 0 Å². The first-order chi connectivity index (χ1) is 16.9. The summed E-state index contributed by atoms with van der Waals surface area (Å²) in [6.07, 6.45) is 3.63. The zero-order chi connectivity index (χ0) is 24.8. The van der Waals surface area contributed by atoms with E-state index < -0.39 is 10.0 Å². The SMILES string of the molecule is CCCc1ccccc1NC1CCN(S(=O)(=O)c2ccc(CNC(=O)c3ccc(Cl)cc3)s2)CC1. The minimum absolute atomic E-state index is 0.227. The zero-order valence-electron chi connectivity index (χ0n) is 19.7. The van der Waals surface area contributed by atoms with Crippen LogP contribution in [-0.4, -0.2) is 37.8 Å². The Balaban J connectivity index is 1.32. The second-order valence-electron chi connectivity index (χ2n) is 8.64. The third kappa shape index (κ3) is 6.44. The Hall–Kier alpha value is -2.39. The number of nitrogens with one attached hydrogen (secondary N) is 2. The lowest BCUT2D eigenvalue weighted by Crippen LogP contribution is -2.42. The van der Waals surface area contributed by atoms with Crippen LogP contribution >= 0.6 is 22.9 Å². The first kappa shape index (κ1) is 25.7. The van der Waals surface area contributed by atoms with Gasteiger partial charge in [0.15, 0.2) is 0 Å². The van der Waals surface area contributed by atoms with E-state index in [0.29, 0.717) is 27.9 Å². The molecule has 186 valence electrons. The number of para-hydroxylation sites is 1. The van der Waals surface area contributed by atoms with Gasteiger partial charge < -0.3 is 10.6 Å². The summed E-state index contributed by atoms with van der Waals surface area (Å²) in [5, 5.41) is 7.03. The molecule has 4 rings (SSSR count). The Labute approximate surface area is 216 Å². The van der Waals surface area contributed by atoms with Gasteiger partial charge in [0.05, 0.1) is 6.54 Å². The van der Waals surface area contributed by atoms with E-state index in [2.05, 4.69) is 35.8 Å². The molecule has 2 aromatic carbocycles. The Kier molecular flexibility index (Phi) is 8.49. The first-order valence-electron chi connectivity index (χ1n) is 11.8. The highest BCUT2D eigenvalue weighted by atomic mass is 35.5. The summed E-state index contributed by atoms with van der Waals surface area (Å²) in [5.41, 5.74) is 2.96. The second-order valence-corrected chi connectivity index (χ2v) is 12.4. The van der Waals surface area contributed by atoms with Crippen LogP contribution in [0, 0.1) is 0 Å². The van der Waals surface area contributed by atoms with Gasteiger partial charge in [-0.3, -0.25) is 4.79 Å². The molecule has 2 N–H and O–H groups in total. The van der Waals surface area contributed by atoms with E-state index in [-0.39, 0.29) is 18.5 Å². The number of aryl methyl sites for hydroxylation is 1. The summed E-state index contributed by atoms with van der Waals surface area (Å²) in [7, 11) is -3.55. The Bertz CT molecular complexity index is 1250. The maximum Gasteiger partial charge on any atom is 0.252 e. The third-order valence-electron chi connectivity index (χ3n) is 6.11. The molecule has 1 fully saturated rings. The molecule has 35 heavy (non-hydrogen) atoms. The molecule has 0 aliphatic carbocycles. The molecule has 0 saturated carbocycles. The van der Waals surface area contributed by atoms with E-state index in [1.54, 1.807) is 40.7 Å². The van der Waals surface area contributed by atoms with E-state index in [1.165, 1.54) is 16.9 Å². The van der Waals surface area contributed by atoms with Crippen molar-refractivity contribution < 1.29 is 13.2 Å². The lowest BCUT2D eigenvalue weighted by atomic mass is 10.0. The smallest absolute Gasteiger partial charge is 0.252 e. The molecule has 6 nitrogen and oxygen atoms in total. The Morgan fingerprint density at radius 3 is 2.49 bits per heavy atom. The number of anilines is 1. The quantitative estimate of drug-likeness (QED) is 0.379. The molecule has 1 saturated heterocycles. The minimum atomic E-state index is -3.55. The van der Waals surface area contributed by atoms with Gasteiger partial charge in [-0.05, 0) is 67.3 Å². The summed E-state index contributed by atoms with van der Waals surface area (Å²) < 4.78 is 28.3. The topological polar surface area (TPSA) is 78.5 Å². The predicted molar refractivity (Wildman–Crippen MR) is 143 cm³/mol. The zero-order valence-corrected chi connectivity index (χ0v) is 22.1. The Morgan fingerprint density at radius 1 is 1.06 bits per heavy atom. The molecular weight excluding hydrogens is 502 g/mol. The molecule has 0 bridgehead atoms.